The number of anilines is 2. The summed E-state index contributed by atoms with van der Waals surface area (Å²) in [4.78, 5) is 16.4. The van der Waals surface area contributed by atoms with Gasteiger partial charge in [0, 0.05) is 62.8 Å². The quantitative estimate of drug-likeness (QED) is 0.565. The highest BCUT2D eigenvalue weighted by molar-refractivity contribution is 5.56. The van der Waals surface area contributed by atoms with E-state index in [1.807, 2.05) is 24.4 Å². The van der Waals surface area contributed by atoms with E-state index in [-0.39, 0.29) is 0 Å². The van der Waals surface area contributed by atoms with E-state index in [0.717, 1.165) is 62.3 Å². The molecule has 0 saturated carbocycles. The van der Waals surface area contributed by atoms with Crippen molar-refractivity contribution in [3.63, 3.8) is 0 Å². The first kappa shape index (κ1) is 21.7. The van der Waals surface area contributed by atoms with Crippen LogP contribution in [0.1, 0.15) is 25.7 Å². The number of piperidine rings is 1. The predicted octanol–water partition coefficient (Wildman–Crippen LogP) is 3.70. The minimum Gasteiger partial charge on any atom is -0.497 e. The summed E-state index contributed by atoms with van der Waals surface area (Å²) >= 11 is 0. The van der Waals surface area contributed by atoms with Crippen LogP contribution in [0.3, 0.4) is 0 Å². The van der Waals surface area contributed by atoms with Crippen LogP contribution in [-0.4, -0.2) is 66.4 Å². The molecule has 0 aliphatic carbocycles. The maximum absolute atomic E-state index is 5.55. The summed E-state index contributed by atoms with van der Waals surface area (Å²) in [5.41, 5.74) is 2.09. The lowest BCUT2D eigenvalue weighted by atomic mass is 10.0. The molecule has 2 aromatic heterocycles. The van der Waals surface area contributed by atoms with Gasteiger partial charge in [-0.3, -0.25) is 4.90 Å². The molecule has 5 rings (SSSR count). The van der Waals surface area contributed by atoms with Gasteiger partial charge in [-0.25, -0.2) is 4.98 Å². The molecule has 1 atom stereocenters. The highest BCUT2D eigenvalue weighted by Gasteiger charge is 2.21. The fraction of sp³-hybridized carbons (Fsp3) is 0.480. The Balaban J connectivity index is 1.16. The number of aromatic nitrogens is 3. The highest BCUT2D eigenvalue weighted by atomic mass is 16.5. The van der Waals surface area contributed by atoms with Gasteiger partial charge in [0.1, 0.15) is 11.6 Å². The third-order valence-corrected chi connectivity index (χ3v) is 6.60. The Labute approximate surface area is 195 Å². The van der Waals surface area contributed by atoms with Gasteiger partial charge in [0.15, 0.2) is 0 Å². The molecule has 33 heavy (non-hydrogen) atoms. The second kappa shape index (κ2) is 9.79. The molecular formula is C25H32N6O2. The van der Waals surface area contributed by atoms with Gasteiger partial charge in [-0.2, -0.15) is 4.98 Å². The van der Waals surface area contributed by atoms with E-state index < -0.39 is 0 Å². The second-order valence-corrected chi connectivity index (χ2v) is 9.07. The zero-order chi connectivity index (χ0) is 22.6. The van der Waals surface area contributed by atoms with Gasteiger partial charge < -0.3 is 19.1 Å². The number of rotatable bonds is 6. The Bertz CT molecular complexity index is 1050. The molecule has 2 aliphatic rings. The van der Waals surface area contributed by atoms with Crippen molar-refractivity contribution in [2.24, 2.45) is 5.92 Å². The summed E-state index contributed by atoms with van der Waals surface area (Å²) in [6, 6.07) is 12.3. The number of benzene rings is 1. The summed E-state index contributed by atoms with van der Waals surface area (Å²) in [5.74, 6) is 3.89. The van der Waals surface area contributed by atoms with Crippen molar-refractivity contribution in [1.29, 1.82) is 0 Å². The summed E-state index contributed by atoms with van der Waals surface area (Å²) in [6.07, 6.45) is 4.39. The predicted molar refractivity (Wildman–Crippen MR) is 129 cm³/mol. The van der Waals surface area contributed by atoms with Crippen molar-refractivity contribution in [3.8, 4) is 17.1 Å². The summed E-state index contributed by atoms with van der Waals surface area (Å²) in [5, 5.41) is 4.20. The molecule has 4 heterocycles. The topological polar surface area (TPSA) is 70.8 Å². The first-order valence-corrected chi connectivity index (χ1v) is 11.8. The number of pyridine rings is 1. The first-order chi connectivity index (χ1) is 16.2. The Hall–Kier alpha value is -3.13. The van der Waals surface area contributed by atoms with Gasteiger partial charge in [0.05, 0.1) is 13.7 Å². The van der Waals surface area contributed by atoms with Gasteiger partial charge in [0.25, 0.3) is 0 Å². The molecule has 1 unspecified atom stereocenters. The standard InChI is InChI=1S/C25H32N6O2/c1-19-5-4-10-31(17-19)23-9-8-20(16-26-23)25-27-24(33-28-25)18-29-11-13-30(14-12-29)21-6-3-7-22(15-21)32-2/h3,6-9,15-16,19H,4-5,10-14,17-18H2,1-2H3. The van der Waals surface area contributed by atoms with Gasteiger partial charge in [0.2, 0.25) is 11.7 Å². The maximum atomic E-state index is 5.55. The zero-order valence-corrected chi connectivity index (χ0v) is 19.5. The molecule has 3 aromatic rings. The van der Waals surface area contributed by atoms with Crippen LogP contribution in [0.5, 0.6) is 5.75 Å². The molecule has 0 amide bonds. The molecule has 8 nitrogen and oxygen atoms in total. The highest BCUT2D eigenvalue weighted by Crippen LogP contribution is 2.25. The van der Waals surface area contributed by atoms with Crippen molar-refractivity contribution in [2.45, 2.75) is 26.3 Å². The van der Waals surface area contributed by atoms with E-state index in [1.54, 1.807) is 7.11 Å². The number of hydrogen-bond acceptors (Lipinski definition) is 8. The summed E-state index contributed by atoms with van der Waals surface area (Å²) < 4.78 is 10.9. The Morgan fingerprint density at radius 1 is 1.06 bits per heavy atom. The first-order valence-electron chi connectivity index (χ1n) is 11.8. The average molecular weight is 449 g/mol. The summed E-state index contributed by atoms with van der Waals surface area (Å²) in [7, 11) is 1.70. The van der Waals surface area contributed by atoms with Crippen molar-refractivity contribution in [3.05, 3.63) is 48.5 Å². The van der Waals surface area contributed by atoms with E-state index in [4.69, 9.17) is 9.26 Å². The molecule has 2 fully saturated rings. The average Bonchev–Trinajstić information content (AvgIpc) is 3.33. The molecule has 0 bridgehead atoms. The maximum Gasteiger partial charge on any atom is 0.241 e. The molecule has 0 spiro atoms. The van der Waals surface area contributed by atoms with Gasteiger partial charge in [-0.05, 0) is 43.0 Å². The van der Waals surface area contributed by atoms with Gasteiger partial charge >= 0.3 is 0 Å². The van der Waals surface area contributed by atoms with E-state index in [0.29, 0.717) is 18.3 Å². The fourth-order valence-electron chi connectivity index (χ4n) is 4.70. The van der Waals surface area contributed by atoms with E-state index in [1.165, 1.54) is 18.5 Å². The molecule has 0 radical (unpaired) electrons. The lowest BCUT2D eigenvalue weighted by molar-refractivity contribution is 0.215. The third-order valence-electron chi connectivity index (χ3n) is 6.60. The number of hydrogen-bond donors (Lipinski definition) is 0. The van der Waals surface area contributed by atoms with E-state index in [9.17, 15) is 0 Å². The van der Waals surface area contributed by atoms with Crippen LogP contribution in [0.15, 0.2) is 47.1 Å². The Morgan fingerprint density at radius 2 is 1.94 bits per heavy atom. The van der Waals surface area contributed by atoms with Crippen LogP contribution in [0.25, 0.3) is 11.4 Å². The number of ether oxygens (including phenoxy) is 1. The van der Waals surface area contributed by atoms with Crippen molar-refractivity contribution in [2.75, 3.05) is 56.2 Å². The van der Waals surface area contributed by atoms with E-state index >= 15 is 0 Å². The third kappa shape index (κ3) is 5.11. The minimum absolute atomic E-state index is 0.603. The lowest BCUT2D eigenvalue weighted by Crippen LogP contribution is -2.46. The van der Waals surface area contributed by atoms with Crippen LogP contribution < -0.4 is 14.5 Å². The Morgan fingerprint density at radius 3 is 2.70 bits per heavy atom. The molecular weight excluding hydrogens is 416 g/mol. The number of methoxy groups -OCH3 is 1. The largest absolute Gasteiger partial charge is 0.497 e. The summed E-state index contributed by atoms with van der Waals surface area (Å²) in [6.45, 7) is 8.91. The van der Waals surface area contributed by atoms with Crippen LogP contribution in [0, 0.1) is 5.92 Å². The lowest BCUT2D eigenvalue weighted by Gasteiger charge is -2.35. The normalized spacial score (nSPS) is 19.6. The second-order valence-electron chi connectivity index (χ2n) is 9.07. The zero-order valence-electron chi connectivity index (χ0n) is 19.5. The minimum atomic E-state index is 0.603. The molecule has 2 aliphatic heterocycles. The van der Waals surface area contributed by atoms with Gasteiger partial charge in [-0.1, -0.05) is 18.1 Å². The number of nitrogens with zero attached hydrogens (tertiary/aromatic N) is 6. The fourth-order valence-corrected chi connectivity index (χ4v) is 4.70. The molecule has 174 valence electrons. The molecule has 2 saturated heterocycles. The van der Waals surface area contributed by atoms with E-state index in [2.05, 4.69) is 54.9 Å². The SMILES string of the molecule is COc1cccc(N2CCN(Cc3nc(-c4ccc(N5CCCC(C)C5)nc4)no3)CC2)c1. The van der Waals surface area contributed by atoms with Gasteiger partial charge in [-0.15, -0.1) is 0 Å². The molecule has 0 N–H and O–H groups in total. The van der Waals surface area contributed by atoms with Crippen LogP contribution in [0.4, 0.5) is 11.5 Å². The van der Waals surface area contributed by atoms with Crippen molar-refractivity contribution < 1.29 is 9.26 Å². The van der Waals surface area contributed by atoms with Crippen LogP contribution in [-0.2, 0) is 6.54 Å². The number of piperazine rings is 1. The van der Waals surface area contributed by atoms with Crippen molar-refractivity contribution >= 4 is 11.5 Å². The molecule has 8 heteroatoms. The van der Waals surface area contributed by atoms with Crippen molar-refractivity contribution in [1.82, 2.24) is 20.0 Å². The smallest absolute Gasteiger partial charge is 0.241 e. The van der Waals surface area contributed by atoms with Crippen LogP contribution in [0.2, 0.25) is 0 Å². The Kier molecular flexibility index (Phi) is 6.44. The van der Waals surface area contributed by atoms with Crippen LogP contribution >= 0.6 is 0 Å². The molecule has 1 aromatic carbocycles. The monoisotopic (exact) mass is 448 g/mol.